The fourth-order valence-corrected chi connectivity index (χ4v) is 3.04. The van der Waals surface area contributed by atoms with Crippen molar-refractivity contribution in [2.24, 2.45) is 18.2 Å². The minimum atomic E-state index is 0.177. The molecule has 1 atom stereocenters. The summed E-state index contributed by atoms with van der Waals surface area (Å²) >= 11 is 3.67. The predicted octanol–water partition coefficient (Wildman–Crippen LogP) is 3.05. The van der Waals surface area contributed by atoms with E-state index in [0.717, 1.165) is 31.5 Å². The second kappa shape index (κ2) is 6.01. The highest BCUT2D eigenvalue weighted by atomic mass is 79.9. The van der Waals surface area contributed by atoms with Crippen LogP contribution in [-0.2, 0) is 19.9 Å². The maximum Gasteiger partial charge on any atom is 0.0766 e. The standard InChI is InChI=1S/C13H24BrN3/c1-5-7-13(3,9-15)8-11-12(14)10(6-2)16-17(11)4/h5-9,15H2,1-4H3. The van der Waals surface area contributed by atoms with Gasteiger partial charge in [-0.3, -0.25) is 4.68 Å². The molecule has 0 aliphatic carbocycles. The van der Waals surface area contributed by atoms with Gasteiger partial charge in [-0.2, -0.15) is 5.10 Å². The SMILES string of the molecule is CCCC(C)(CN)Cc1c(Br)c(CC)nn1C. The lowest BCUT2D eigenvalue weighted by atomic mass is 9.81. The molecule has 0 amide bonds. The van der Waals surface area contributed by atoms with E-state index in [1.165, 1.54) is 16.6 Å². The maximum absolute atomic E-state index is 5.94. The van der Waals surface area contributed by atoms with Crippen LogP contribution in [-0.4, -0.2) is 16.3 Å². The molecule has 0 aliphatic heterocycles. The van der Waals surface area contributed by atoms with Gasteiger partial charge in [-0.05, 0) is 47.2 Å². The van der Waals surface area contributed by atoms with E-state index in [2.05, 4.69) is 41.8 Å². The smallest absolute Gasteiger partial charge is 0.0766 e. The summed E-state index contributed by atoms with van der Waals surface area (Å²) in [5.74, 6) is 0. The van der Waals surface area contributed by atoms with Crippen molar-refractivity contribution in [3.8, 4) is 0 Å². The second-order valence-corrected chi connectivity index (χ2v) is 5.92. The zero-order valence-electron chi connectivity index (χ0n) is 11.4. The summed E-state index contributed by atoms with van der Waals surface area (Å²) in [4.78, 5) is 0. The minimum Gasteiger partial charge on any atom is -0.330 e. The molecule has 3 nitrogen and oxygen atoms in total. The number of nitrogens with two attached hydrogens (primary N) is 1. The number of nitrogens with zero attached hydrogens (tertiary/aromatic N) is 2. The van der Waals surface area contributed by atoms with Crippen LogP contribution >= 0.6 is 15.9 Å². The Morgan fingerprint density at radius 3 is 2.47 bits per heavy atom. The van der Waals surface area contributed by atoms with Crippen molar-refractivity contribution in [3.63, 3.8) is 0 Å². The van der Waals surface area contributed by atoms with Gasteiger partial charge < -0.3 is 5.73 Å². The van der Waals surface area contributed by atoms with Gasteiger partial charge >= 0.3 is 0 Å². The predicted molar refractivity (Wildman–Crippen MR) is 76.1 cm³/mol. The number of rotatable bonds is 6. The Balaban J connectivity index is 2.97. The van der Waals surface area contributed by atoms with E-state index in [-0.39, 0.29) is 5.41 Å². The van der Waals surface area contributed by atoms with Gasteiger partial charge in [0.1, 0.15) is 0 Å². The minimum absolute atomic E-state index is 0.177. The fraction of sp³-hybridized carbons (Fsp3) is 0.769. The number of hydrogen-bond donors (Lipinski definition) is 1. The summed E-state index contributed by atoms with van der Waals surface area (Å²) in [5, 5.41) is 4.54. The van der Waals surface area contributed by atoms with Crippen molar-refractivity contribution in [2.75, 3.05) is 6.54 Å². The first-order valence-electron chi connectivity index (χ1n) is 6.37. The molecule has 0 aliphatic rings. The summed E-state index contributed by atoms with van der Waals surface area (Å²) in [6.07, 6.45) is 4.27. The van der Waals surface area contributed by atoms with E-state index in [1.807, 2.05) is 11.7 Å². The average Bonchev–Trinajstić information content (AvgIpc) is 2.57. The van der Waals surface area contributed by atoms with Crippen LogP contribution in [0.2, 0.25) is 0 Å². The normalized spacial score (nSPS) is 14.9. The zero-order valence-corrected chi connectivity index (χ0v) is 13.0. The van der Waals surface area contributed by atoms with E-state index in [0.29, 0.717) is 0 Å². The summed E-state index contributed by atoms with van der Waals surface area (Å²) in [6.45, 7) is 7.33. The van der Waals surface area contributed by atoms with Gasteiger partial charge in [-0.25, -0.2) is 0 Å². The van der Waals surface area contributed by atoms with Crippen LogP contribution in [0, 0.1) is 5.41 Å². The van der Waals surface area contributed by atoms with E-state index >= 15 is 0 Å². The molecule has 17 heavy (non-hydrogen) atoms. The third kappa shape index (κ3) is 3.32. The molecular formula is C13H24BrN3. The van der Waals surface area contributed by atoms with Gasteiger partial charge in [0.2, 0.25) is 0 Å². The van der Waals surface area contributed by atoms with Gasteiger partial charge in [-0.15, -0.1) is 0 Å². The van der Waals surface area contributed by atoms with Crippen LogP contribution in [0.5, 0.6) is 0 Å². The first-order chi connectivity index (χ1) is 7.97. The Morgan fingerprint density at radius 2 is 2.06 bits per heavy atom. The molecule has 1 aromatic heterocycles. The first kappa shape index (κ1) is 14.7. The molecule has 0 fully saturated rings. The number of aromatic nitrogens is 2. The Morgan fingerprint density at radius 1 is 1.41 bits per heavy atom. The highest BCUT2D eigenvalue weighted by Crippen LogP contribution is 2.31. The van der Waals surface area contributed by atoms with E-state index in [1.54, 1.807) is 0 Å². The molecule has 0 radical (unpaired) electrons. The van der Waals surface area contributed by atoms with Gasteiger partial charge in [0.25, 0.3) is 0 Å². The van der Waals surface area contributed by atoms with Crippen LogP contribution in [0.1, 0.15) is 45.0 Å². The van der Waals surface area contributed by atoms with Crippen LogP contribution in [0.3, 0.4) is 0 Å². The summed E-state index contributed by atoms with van der Waals surface area (Å²) in [7, 11) is 2.02. The van der Waals surface area contributed by atoms with Crippen LogP contribution < -0.4 is 5.73 Å². The highest BCUT2D eigenvalue weighted by molar-refractivity contribution is 9.10. The molecule has 4 heteroatoms. The first-order valence-corrected chi connectivity index (χ1v) is 7.17. The second-order valence-electron chi connectivity index (χ2n) is 5.13. The monoisotopic (exact) mass is 301 g/mol. The Hall–Kier alpha value is -0.350. The van der Waals surface area contributed by atoms with Crippen LogP contribution in [0.4, 0.5) is 0 Å². The Kier molecular flexibility index (Phi) is 5.20. The van der Waals surface area contributed by atoms with Crippen molar-refractivity contribution < 1.29 is 0 Å². The topological polar surface area (TPSA) is 43.8 Å². The number of hydrogen-bond acceptors (Lipinski definition) is 2. The maximum atomic E-state index is 5.94. The molecule has 0 aromatic carbocycles. The summed E-state index contributed by atoms with van der Waals surface area (Å²) < 4.78 is 3.16. The van der Waals surface area contributed by atoms with Crippen LogP contribution in [0.15, 0.2) is 4.47 Å². The largest absolute Gasteiger partial charge is 0.330 e. The van der Waals surface area contributed by atoms with Gasteiger partial charge in [0.15, 0.2) is 0 Å². The number of halogens is 1. The van der Waals surface area contributed by atoms with Crippen LogP contribution in [0.25, 0.3) is 0 Å². The molecule has 0 saturated carbocycles. The van der Waals surface area contributed by atoms with Gasteiger partial charge in [-0.1, -0.05) is 27.2 Å². The third-order valence-electron chi connectivity index (χ3n) is 3.44. The molecule has 1 aromatic rings. The molecule has 0 saturated heterocycles. The third-order valence-corrected chi connectivity index (χ3v) is 4.36. The molecule has 98 valence electrons. The number of aryl methyl sites for hydroxylation is 2. The van der Waals surface area contributed by atoms with E-state index < -0.39 is 0 Å². The lowest BCUT2D eigenvalue weighted by molar-refractivity contribution is 0.295. The summed E-state index contributed by atoms with van der Waals surface area (Å²) in [6, 6.07) is 0. The molecule has 1 heterocycles. The van der Waals surface area contributed by atoms with Crippen molar-refractivity contribution in [3.05, 3.63) is 15.9 Å². The van der Waals surface area contributed by atoms with Crippen molar-refractivity contribution in [1.82, 2.24) is 9.78 Å². The quantitative estimate of drug-likeness (QED) is 0.877. The molecule has 0 bridgehead atoms. The molecule has 0 spiro atoms. The molecule has 2 N–H and O–H groups in total. The molecular weight excluding hydrogens is 278 g/mol. The lowest BCUT2D eigenvalue weighted by Gasteiger charge is -2.27. The lowest BCUT2D eigenvalue weighted by Crippen LogP contribution is -2.30. The molecule has 1 rings (SSSR count). The Labute approximate surface area is 113 Å². The summed E-state index contributed by atoms with van der Waals surface area (Å²) in [5.41, 5.74) is 8.52. The fourth-order valence-electron chi connectivity index (χ4n) is 2.28. The zero-order chi connectivity index (χ0) is 13.1. The van der Waals surface area contributed by atoms with Gasteiger partial charge in [0.05, 0.1) is 15.9 Å². The highest BCUT2D eigenvalue weighted by Gasteiger charge is 2.26. The van der Waals surface area contributed by atoms with E-state index in [9.17, 15) is 0 Å². The average molecular weight is 302 g/mol. The van der Waals surface area contributed by atoms with Crippen molar-refractivity contribution >= 4 is 15.9 Å². The van der Waals surface area contributed by atoms with E-state index in [4.69, 9.17) is 5.73 Å². The van der Waals surface area contributed by atoms with Gasteiger partial charge in [0, 0.05) is 7.05 Å². The Bertz CT molecular complexity index is 373. The van der Waals surface area contributed by atoms with Crippen molar-refractivity contribution in [1.29, 1.82) is 0 Å². The van der Waals surface area contributed by atoms with Crippen molar-refractivity contribution in [2.45, 2.75) is 46.5 Å². The molecule has 1 unspecified atom stereocenters.